The first-order valence-electron chi connectivity index (χ1n) is 7.94. The van der Waals surface area contributed by atoms with Crippen LogP contribution in [0.25, 0.3) is 0 Å². The molecular formula is C16H22Cl2N3O3+. The zero-order chi connectivity index (χ0) is 17.7. The molecule has 1 atom stereocenters. The number of ether oxygens (including phenoxy) is 1. The molecule has 0 radical (unpaired) electrons. The Kier molecular flexibility index (Phi) is 6.71. The van der Waals surface area contributed by atoms with Crippen molar-refractivity contribution < 1.29 is 19.2 Å². The number of hydrogen-bond donors (Lipinski definition) is 2. The van der Waals surface area contributed by atoms with Gasteiger partial charge in [-0.3, -0.25) is 9.69 Å². The predicted molar refractivity (Wildman–Crippen MR) is 93.8 cm³/mol. The number of amides is 2. The Morgan fingerprint density at radius 1 is 1.33 bits per heavy atom. The van der Waals surface area contributed by atoms with E-state index in [0.717, 1.165) is 4.90 Å². The molecule has 6 nitrogen and oxygen atoms in total. The summed E-state index contributed by atoms with van der Waals surface area (Å²) in [5.74, 6) is -0.112. The van der Waals surface area contributed by atoms with Crippen molar-refractivity contribution in [1.29, 1.82) is 0 Å². The lowest BCUT2D eigenvalue weighted by Gasteiger charge is -2.34. The fourth-order valence-electron chi connectivity index (χ4n) is 2.64. The molecule has 1 heterocycles. The van der Waals surface area contributed by atoms with E-state index >= 15 is 0 Å². The standard InChI is InChI=1S/C16H21Cl2N3O3/c1-3-24-16(23)21-8-6-20(7-9-21)11(2)15(22)19-14-5-4-12(17)10-13(14)18/h4-5,10-11H,3,6-9H2,1-2H3,(H,19,22)/p+1/t11-/m0/s1. The first-order valence-corrected chi connectivity index (χ1v) is 8.70. The van der Waals surface area contributed by atoms with Crippen LogP contribution in [-0.2, 0) is 9.53 Å². The predicted octanol–water partition coefficient (Wildman–Crippen LogP) is 1.68. The molecule has 0 spiro atoms. The van der Waals surface area contributed by atoms with E-state index in [4.69, 9.17) is 27.9 Å². The lowest BCUT2D eigenvalue weighted by molar-refractivity contribution is -0.917. The summed E-state index contributed by atoms with van der Waals surface area (Å²) < 4.78 is 5.00. The Balaban J connectivity index is 1.89. The van der Waals surface area contributed by atoms with Gasteiger partial charge >= 0.3 is 6.09 Å². The Bertz CT molecular complexity index is 604. The van der Waals surface area contributed by atoms with Gasteiger partial charge < -0.3 is 15.0 Å². The van der Waals surface area contributed by atoms with Crippen LogP contribution in [0.2, 0.25) is 10.0 Å². The van der Waals surface area contributed by atoms with Gasteiger partial charge in [0.1, 0.15) is 0 Å². The molecule has 1 aromatic carbocycles. The van der Waals surface area contributed by atoms with Gasteiger partial charge in [-0.15, -0.1) is 0 Å². The minimum Gasteiger partial charge on any atom is -0.450 e. The number of rotatable bonds is 4. The third kappa shape index (κ3) is 4.75. The van der Waals surface area contributed by atoms with Crippen molar-refractivity contribution in [3.8, 4) is 0 Å². The molecule has 2 amide bonds. The van der Waals surface area contributed by atoms with Crippen molar-refractivity contribution >= 4 is 40.9 Å². The van der Waals surface area contributed by atoms with Crippen LogP contribution in [0.5, 0.6) is 0 Å². The minimum absolute atomic E-state index is 0.112. The molecule has 0 aliphatic carbocycles. The van der Waals surface area contributed by atoms with Crippen molar-refractivity contribution in [3.63, 3.8) is 0 Å². The van der Waals surface area contributed by atoms with Gasteiger partial charge in [0.15, 0.2) is 6.04 Å². The normalized spacial score (nSPS) is 16.6. The zero-order valence-electron chi connectivity index (χ0n) is 13.8. The van der Waals surface area contributed by atoms with Crippen LogP contribution in [0.1, 0.15) is 13.8 Å². The van der Waals surface area contributed by atoms with Gasteiger partial charge in [0.2, 0.25) is 0 Å². The average Bonchev–Trinajstić information content (AvgIpc) is 2.57. The number of halogens is 2. The maximum absolute atomic E-state index is 12.4. The van der Waals surface area contributed by atoms with Gasteiger partial charge in [0.25, 0.3) is 5.91 Å². The molecule has 0 aromatic heterocycles. The highest BCUT2D eigenvalue weighted by Crippen LogP contribution is 2.25. The lowest BCUT2D eigenvalue weighted by atomic mass is 10.2. The second-order valence-electron chi connectivity index (χ2n) is 5.68. The number of anilines is 1. The number of carbonyl (C=O) groups excluding carboxylic acids is 2. The van der Waals surface area contributed by atoms with E-state index in [1.807, 2.05) is 6.92 Å². The van der Waals surface area contributed by atoms with Gasteiger partial charge in [-0.05, 0) is 32.0 Å². The van der Waals surface area contributed by atoms with Crippen molar-refractivity contribution in [2.75, 3.05) is 38.1 Å². The molecule has 0 saturated carbocycles. The second kappa shape index (κ2) is 8.55. The fourth-order valence-corrected chi connectivity index (χ4v) is 3.10. The third-order valence-corrected chi connectivity index (χ3v) is 4.67. The van der Waals surface area contributed by atoms with Crippen molar-refractivity contribution in [2.24, 2.45) is 0 Å². The highest BCUT2D eigenvalue weighted by Gasteiger charge is 2.31. The largest absolute Gasteiger partial charge is 0.450 e. The van der Waals surface area contributed by atoms with E-state index in [2.05, 4.69) is 5.32 Å². The molecular weight excluding hydrogens is 353 g/mol. The van der Waals surface area contributed by atoms with Crippen LogP contribution in [-0.4, -0.2) is 55.7 Å². The first-order chi connectivity index (χ1) is 11.4. The van der Waals surface area contributed by atoms with Crippen molar-refractivity contribution in [3.05, 3.63) is 28.2 Å². The van der Waals surface area contributed by atoms with Crippen LogP contribution in [0.3, 0.4) is 0 Å². The Hall–Kier alpha value is -1.50. The van der Waals surface area contributed by atoms with E-state index < -0.39 is 0 Å². The molecule has 1 aromatic rings. The molecule has 2 N–H and O–H groups in total. The molecule has 1 saturated heterocycles. The molecule has 0 bridgehead atoms. The number of nitrogens with zero attached hydrogens (tertiary/aromatic N) is 1. The number of piperazine rings is 1. The number of nitrogens with one attached hydrogen (secondary N) is 2. The molecule has 132 valence electrons. The molecule has 1 aliphatic heterocycles. The summed E-state index contributed by atoms with van der Waals surface area (Å²) in [5.41, 5.74) is 0.544. The topological polar surface area (TPSA) is 63.1 Å². The summed E-state index contributed by atoms with van der Waals surface area (Å²) in [5, 5.41) is 3.76. The van der Waals surface area contributed by atoms with E-state index in [9.17, 15) is 9.59 Å². The van der Waals surface area contributed by atoms with E-state index in [0.29, 0.717) is 48.5 Å². The average molecular weight is 375 g/mol. The molecule has 1 fully saturated rings. The monoisotopic (exact) mass is 374 g/mol. The van der Waals surface area contributed by atoms with E-state index in [1.165, 1.54) is 0 Å². The molecule has 1 aliphatic rings. The van der Waals surface area contributed by atoms with Crippen molar-refractivity contribution in [1.82, 2.24) is 4.90 Å². The van der Waals surface area contributed by atoms with Crippen LogP contribution < -0.4 is 10.2 Å². The number of quaternary nitrogens is 1. The minimum atomic E-state index is -0.290. The maximum Gasteiger partial charge on any atom is 0.410 e. The van der Waals surface area contributed by atoms with Crippen molar-refractivity contribution in [2.45, 2.75) is 19.9 Å². The summed E-state index contributed by atoms with van der Waals surface area (Å²) in [4.78, 5) is 26.9. The van der Waals surface area contributed by atoms with Gasteiger partial charge in [-0.2, -0.15) is 0 Å². The molecule has 8 heteroatoms. The zero-order valence-corrected chi connectivity index (χ0v) is 15.3. The van der Waals surface area contributed by atoms with Gasteiger partial charge in [0.05, 0.1) is 43.5 Å². The highest BCUT2D eigenvalue weighted by atomic mass is 35.5. The molecule has 0 unspecified atom stereocenters. The quantitative estimate of drug-likeness (QED) is 0.842. The smallest absolute Gasteiger partial charge is 0.410 e. The van der Waals surface area contributed by atoms with Gasteiger partial charge in [0, 0.05) is 5.02 Å². The summed E-state index contributed by atoms with van der Waals surface area (Å²) in [7, 11) is 0. The Morgan fingerprint density at radius 3 is 2.58 bits per heavy atom. The van der Waals surface area contributed by atoms with Crippen LogP contribution in [0, 0.1) is 0 Å². The summed E-state index contributed by atoms with van der Waals surface area (Å²) in [6.07, 6.45) is -0.290. The maximum atomic E-state index is 12.4. The third-order valence-electron chi connectivity index (χ3n) is 4.13. The number of benzene rings is 1. The molecule has 24 heavy (non-hydrogen) atoms. The van der Waals surface area contributed by atoms with Gasteiger partial charge in [-0.1, -0.05) is 23.2 Å². The van der Waals surface area contributed by atoms with E-state index in [1.54, 1.807) is 30.0 Å². The number of carbonyl (C=O) groups is 2. The first kappa shape index (κ1) is 18.8. The van der Waals surface area contributed by atoms with Crippen LogP contribution >= 0.6 is 23.2 Å². The second-order valence-corrected chi connectivity index (χ2v) is 6.52. The summed E-state index contributed by atoms with van der Waals surface area (Å²) in [6, 6.07) is 4.71. The fraction of sp³-hybridized carbons (Fsp3) is 0.500. The van der Waals surface area contributed by atoms with Crippen LogP contribution in [0.4, 0.5) is 10.5 Å². The SMILES string of the molecule is CCOC(=O)N1CC[NH+]([C@@H](C)C(=O)Nc2ccc(Cl)cc2Cl)CC1. The Morgan fingerprint density at radius 2 is 2.00 bits per heavy atom. The van der Waals surface area contributed by atoms with Crippen LogP contribution in [0.15, 0.2) is 18.2 Å². The summed E-state index contributed by atoms with van der Waals surface area (Å²) >= 11 is 11.9. The highest BCUT2D eigenvalue weighted by molar-refractivity contribution is 6.36. The Labute approximate surface area is 151 Å². The van der Waals surface area contributed by atoms with Gasteiger partial charge in [-0.25, -0.2) is 4.79 Å². The van der Waals surface area contributed by atoms with E-state index in [-0.39, 0.29) is 18.0 Å². The lowest BCUT2D eigenvalue weighted by Crippen LogP contribution is -3.19. The molecule has 2 rings (SSSR count). The summed E-state index contributed by atoms with van der Waals surface area (Å²) in [6.45, 7) is 6.57. The number of hydrogen-bond acceptors (Lipinski definition) is 3.